The van der Waals surface area contributed by atoms with Crippen LogP contribution in [0.25, 0.3) is 0 Å². The van der Waals surface area contributed by atoms with Crippen LogP contribution < -0.4 is 14.2 Å². The molecule has 0 fully saturated rings. The van der Waals surface area contributed by atoms with Crippen LogP contribution in [0.15, 0.2) is 79.9 Å². The maximum atomic E-state index is 12.6. The van der Waals surface area contributed by atoms with Gasteiger partial charge in [0.05, 0.1) is 25.4 Å². The second-order valence-corrected chi connectivity index (χ2v) is 8.51. The van der Waals surface area contributed by atoms with Crippen LogP contribution in [0.5, 0.6) is 17.2 Å². The Balaban J connectivity index is 1.45. The standard InChI is InChI=1S/C30H30O10/c1-4-27(31)36-17-7-6-16-35-22-10-8-21(9-11-22)29(33)39-23-12-14-25(20(3)18-23)40-30(34)26-15-13-24(19-37-26)38-28(32)5-2/h4-5,8-15,18,24,26H,1-2,6-7,16-17,19H2,3H3. The summed E-state index contributed by atoms with van der Waals surface area (Å²) < 4.78 is 31.9. The fourth-order valence-corrected chi connectivity index (χ4v) is 3.40. The third kappa shape index (κ3) is 9.25. The van der Waals surface area contributed by atoms with Gasteiger partial charge >= 0.3 is 23.9 Å². The van der Waals surface area contributed by atoms with Crippen LogP contribution in [0.3, 0.4) is 0 Å². The third-order valence-corrected chi connectivity index (χ3v) is 5.48. The summed E-state index contributed by atoms with van der Waals surface area (Å²) in [6.45, 7) is 9.10. The molecule has 0 N–H and O–H groups in total. The quantitative estimate of drug-likeness (QED) is 0.119. The van der Waals surface area contributed by atoms with Crippen molar-refractivity contribution >= 4 is 23.9 Å². The van der Waals surface area contributed by atoms with Gasteiger partial charge < -0.3 is 28.4 Å². The summed E-state index contributed by atoms with van der Waals surface area (Å²) in [5.74, 6) is -1.10. The summed E-state index contributed by atoms with van der Waals surface area (Å²) in [4.78, 5) is 47.3. The van der Waals surface area contributed by atoms with Crippen LogP contribution in [-0.2, 0) is 28.6 Å². The predicted octanol–water partition coefficient (Wildman–Crippen LogP) is 4.06. The molecule has 0 bridgehead atoms. The number of unbranched alkanes of at least 4 members (excludes halogenated alkanes) is 1. The van der Waals surface area contributed by atoms with Crippen LogP contribution in [-0.4, -0.2) is 55.9 Å². The molecule has 2 atom stereocenters. The van der Waals surface area contributed by atoms with E-state index in [1.54, 1.807) is 43.3 Å². The molecule has 2 aromatic carbocycles. The first-order valence-electron chi connectivity index (χ1n) is 12.5. The molecule has 1 heterocycles. The highest BCUT2D eigenvalue weighted by molar-refractivity contribution is 5.91. The Bertz CT molecular complexity index is 1260. The lowest BCUT2D eigenvalue weighted by molar-refractivity contribution is -0.151. The van der Waals surface area contributed by atoms with Gasteiger partial charge in [0.1, 0.15) is 23.4 Å². The highest BCUT2D eigenvalue weighted by atomic mass is 16.6. The summed E-state index contributed by atoms with van der Waals surface area (Å²) >= 11 is 0. The molecule has 1 aliphatic rings. The molecule has 0 aromatic heterocycles. The first-order valence-corrected chi connectivity index (χ1v) is 12.5. The maximum Gasteiger partial charge on any atom is 0.344 e. The van der Waals surface area contributed by atoms with E-state index >= 15 is 0 Å². The van der Waals surface area contributed by atoms with Crippen LogP contribution >= 0.6 is 0 Å². The van der Waals surface area contributed by atoms with Crippen LogP contribution in [0.2, 0.25) is 0 Å². The van der Waals surface area contributed by atoms with Crippen molar-refractivity contribution in [1.82, 2.24) is 0 Å². The van der Waals surface area contributed by atoms with Crippen molar-refractivity contribution in [3.8, 4) is 17.2 Å². The molecule has 0 saturated carbocycles. The van der Waals surface area contributed by atoms with Gasteiger partial charge in [-0.25, -0.2) is 19.2 Å². The van der Waals surface area contributed by atoms with E-state index in [4.69, 9.17) is 28.4 Å². The second kappa shape index (κ2) is 15.0. The summed E-state index contributed by atoms with van der Waals surface area (Å²) in [5, 5.41) is 0. The van der Waals surface area contributed by atoms with Crippen LogP contribution in [0.4, 0.5) is 0 Å². The van der Waals surface area contributed by atoms with E-state index in [2.05, 4.69) is 13.2 Å². The average Bonchev–Trinajstić information content (AvgIpc) is 2.96. The SMILES string of the molecule is C=CC(=O)OCCCCOc1ccc(C(=O)Oc2ccc(OC(=O)C3C=CC(OC(=O)C=C)CO3)c(C)c2)cc1. The van der Waals surface area contributed by atoms with Crippen molar-refractivity contribution in [3.63, 3.8) is 0 Å². The fraction of sp³-hybridized carbons (Fsp3) is 0.267. The summed E-state index contributed by atoms with van der Waals surface area (Å²) in [7, 11) is 0. The number of carbonyl (C=O) groups excluding carboxylic acids is 4. The molecule has 0 amide bonds. The molecule has 3 rings (SSSR count). The molecule has 2 aromatic rings. The number of rotatable bonds is 13. The van der Waals surface area contributed by atoms with Crippen LogP contribution in [0, 0.1) is 6.92 Å². The number of ether oxygens (including phenoxy) is 6. The Morgan fingerprint density at radius 2 is 1.60 bits per heavy atom. The van der Waals surface area contributed by atoms with Crippen molar-refractivity contribution in [2.45, 2.75) is 32.0 Å². The minimum atomic E-state index is -0.954. The molecule has 0 spiro atoms. The average molecular weight is 551 g/mol. The summed E-state index contributed by atoms with van der Waals surface area (Å²) in [5.41, 5.74) is 0.898. The van der Waals surface area contributed by atoms with E-state index in [-0.39, 0.29) is 18.1 Å². The number of hydrogen-bond donors (Lipinski definition) is 0. The molecule has 0 saturated heterocycles. The lowest BCUT2D eigenvalue weighted by Gasteiger charge is -2.22. The fourth-order valence-electron chi connectivity index (χ4n) is 3.40. The highest BCUT2D eigenvalue weighted by Gasteiger charge is 2.26. The molecule has 210 valence electrons. The molecule has 1 aliphatic heterocycles. The van der Waals surface area contributed by atoms with Gasteiger partial charge in [-0.2, -0.15) is 0 Å². The normalized spacial score (nSPS) is 15.8. The van der Waals surface area contributed by atoms with Crippen molar-refractivity contribution in [2.75, 3.05) is 19.8 Å². The van der Waals surface area contributed by atoms with Gasteiger partial charge in [-0.1, -0.05) is 13.2 Å². The Morgan fingerprint density at radius 3 is 2.25 bits per heavy atom. The molecule has 40 heavy (non-hydrogen) atoms. The topological polar surface area (TPSA) is 124 Å². The van der Waals surface area contributed by atoms with Crippen LogP contribution in [0.1, 0.15) is 28.8 Å². The van der Waals surface area contributed by atoms with Gasteiger partial charge in [-0.05, 0) is 79.9 Å². The largest absolute Gasteiger partial charge is 0.494 e. The zero-order valence-corrected chi connectivity index (χ0v) is 22.0. The lowest BCUT2D eigenvalue weighted by Crippen LogP contribution is -2.35. The Kier molecular flexibility index (Phi) is 11.2. The van der Waals surface area contributed by atoms with E-state index in [1.807, 2.05) is 0 Å². The number of aryl methyl sites for hydroxylation is 1. The Labute approximate surface area is 231 Å². The van der Waals surface area contributed by atoms with Gasteiger partial charge in [0.15, 0.2) is 6.10 Å². The molecular formula is C30H30O10. The molecule has 0 radical (unpaired) electrons. The first-order chi connectivity index (χ1) is 19.3. The first kappa shape index (κ1) is 29.9. The summed E-state index contributed by atoms with van der Waals surface area (Å²) in [6, 6.07) is 11.1. The van der Waals surface area contributed by atoms with Gasteiger partial charge in [-0.15, -0.1) is 0 Å². The van der Waals surface area contributed by atoms with Gasteiger partial charge in [0.25, 0.3) is 0 Å². The smallest absolute Gasteiger partial charge is 0.344 e. The minimum Gasteiger partial charge on any atom is -0.494 e. The second-order valence-electron chi connectivity index (χ2n) is 8.51. The number of carbonyl (C=O) groups is 4. The monoisotopic (exact) mass is 550 g/mol. The van der Waals surface area contributed by atoms with E-state index < -0.39 is 36.1 Å². The number of esters is 4. The van der Waals surface area contributed by atoms with E-state index in [9.17, 15) is 19.2 Å². The number of benzene rings is 2. The Hall–Kier alpha value is -4.70. The lowest BCUT2D eigenvalue weighted by atomic mass is 10.2. The molecule has 2 unspecified atom stereocenters. The molecule has 10 heteroatoms. The third-order valence-electron chi connectivity index (χ3n) is 5.48. The van der Waals surface area contributed by atoms with Gasteiger partial charge in [-0.3, -0.25) is 0 Å². The van der Waals surface area contributed by atoms with Crippen molar-refractivity contribution in [2.24, 2.45) is 0 Å². The summed E-state index contributed by atoms with van der Waals surface area (Å²) in [6.07, 6.45) is 4.95. The van der Waals surface area contributed by atoms with E-state index in [0.29, 0.717) is 42.9 Å². The van der Waals surface area contributed by atoms with Gasteiger partial charge in [0, 0.05) is 12.2 Å². The van der Waals surface area contributed by atoms with Crippen molar-refractivity contribution in [3.05, 3.63) is 91.1 Å². The predicted molar refractivity (Wildman–Crippen MR) is 143 cm³/mol. The number of hydrogen-bond acceptors (Lipinski definition) is 10. The zero-order chi connectivity index (χ0) is 28.9. The maximum absolute atomic E-state index is 12.6. The zero-order valence-electron chi connectivity index (χ0n) is 22.0. The van der Waals surface area contributed by atoms with E-state index in [1.165, 1.54) is 18.2 Å². The van der Waals surface area contributed by atoms with Gasteiger partial charge in [0.2, 0.25) is 0 Å². The molecule has 0 aliphatic carbocycles. The Morgan fingerprint density at radius 1 is 0.900 bits per heavy atom. The molecular weight excluding hydrogens is 520 g/mol. The van der Waals surface area contributed by atoms with Crippen molar-refractivity contribution < 1.29 is 47.6 Å². The van der Waals surface area contributed by atoms with Crippen molar-refractivity contribution in [1.29, 1.82) is 0 Å². The molecule has 10 nitrogen and oxygen atoms in total. The minimum absolute atomic E-state index is 0.00580. The highest BCUT2D eigenvalue weighted by Crippen LogP contribution is 2.25. The van der Waals surface area contributed by atoms with E-state index in [0.717, 1.165) is 12.2 Å².